The van der Waals surface area contributed by atoms with Gasteiger partial charge in [-0.2, -0.15) is 0 Å². The summed E-state index contributed by atoms with van der Waals surface area (Å²) in [6.45, 7) is 2.52. The van der Waals surface area contributed by atoms with Crippen molar-refractivity contribution in [2.75, 3.05) is 20.8 Å². The Bertz CT molecular complexity index is 532. The highest BCUT2D eigenvalue weighted by molar-refractivity contribution is 5.98. The van der Waals surface area contributed by atoms with Gasteiger partial charge in [-0.05, 0) is 31.9 Å². The van der Waals surface area contributed by atoms with Gasteiger partial charge in [0.1, 0.15) is 17.5 Å². The predicted molar refractivity (Wildman–Crippen MR) is 77.8 cm³/mol. The van der Waals surface area contributed by atoms with Gasteiger partial charge in [0, 0.05) is 17.7 Å². The molecule has 1 aromatic rings. The van der Waals surface area contributed by atoms with Crippen molar-refractivity contribution in [1.29, 1.82) is 0 Å². The number of rotatable bonds is 4. The van der Waals surface area contributed by atoms with Crippen LogP contribution in [-0.4, -0.2) is 38.6 Å². The lowest BCUT2D eigenvalue weighted by molar-refractivity contribution is -0.124. The van der Waals surface area contributed by atoms with Crippen LogP contribution in [0.1, 0.15) is 28.8 Å². The molecule has 1 atom stereocenters. The summed E-state index contributed by atoms with van der Waals surface area (Å²) in [7, 11) is 3.08. The minimum atomic E-state index is -0.482. The quantitative estimate of drug-likeness (QED) is 0.868. The number of hydrogen-bond donors (Lipinski definition) is 2. The van der Waals surface area contributed by atoms with Crippen molar-refractivity contribution >= 4 is 11.8 Å². The van der Waals surface area contributed by atoms with E-state index in [2.05, 4.69) is 10.6 Å². The van der Waals surface area contributed by atoms with Gasteiger partial charge in [-0.1, -0.05) is 0 Å². The third-order valence-electron chi connectivity index (χ3n) is 3.61. The highest BCUT2D eigenvalue weighted by Gasteiger charge is 2.24. The van der Waals surface area contributed by atoms with E-state index in [1.54, 1.807) is 12.1 Å². The summed E-state index contributed by atoms with van der Waals surface area (Å²) in [4.78, 5) is 24.0. The average molecular weight is 292 g/mol. The molecule has 2 rings (SSSR count). The number of carbonyl (C=O) groups excluding carboxylic acids is 2. The Morgan fingerprint density at radius 3 is 2.43 bits per heavy atom. The van der Waals surface area contributed by atoms with Gasteiger partial charge < -0.3 is 20.1 Å². The van der Waals surface area contributed by atoms with Crippen molar-refractivity contribution in [3.63, 3.8) is 0 Å². The summed E-state index contributed by atoms with van der Waals surface area (Å²) in [5, 5.41) is 5.49. The Kier molecular flexibility index (Phi) is 4.67. The highest BCUT2D eigenvalue weighted by atomic mass is 16.5. The molecule has 0 unspecified atom stereocenters. The summed E-state index contributed by atoms with van der Waals surface area (Å²) in [6.07, 6.45) is 1.51. The second kappa shape index (κ2) is 6.47. The molecule has 0 spiro atoms. The van der Waals surface area contributed by atoms with Gasteiger partial charge in [-0.25, -0.2) is 0 Å². The zero-order valence-corrected chi connectivity index (χ0v) is 12.5. The van der Waals surface area contributed by atoms with Gasteiger partial charge in [0.15, 0.2) is 0 Å². The van der Waals surface area contributed by atoms with Crippen molar-refractivity contribution in [2.45, 2.75) is 25.8 Å². The van der Waals surface area contributed by atoms with Gasteiger partial charge in [-0.3, -0.25) is 9.59 Å². The Morgan fingerprint density at radius 2 is 1.90 bits per heavy atom. The molecule has 114 valence electrons. The van der Waals surface area contributed by atoms with Crippen LogP contribution >= 0.6 is 0 Å². The first-order chi connectivity index (χ1) is 10.1. The zero-order valence-electron chi connectivity index (χ0n) is 12.5. The van der Waals surface area contributed by atoms with Crippen LogP contribution in [0.5, 0.6) is 11.5 Å². The number of hydrogen-bond acceptors (Lipinski definition) is 4. The molecule has 0 aliphatic carbocycles. The molecule has 1 aromatic carbocycles. The molecule has 0 aromatic heterocycles. The van der Waals surface area contributed by atoms with Crippen molar-refractivity contribution in [3.8, 4) is 11.5 Å². The monoisotopic (exact) mass is 292 g/mol. The molecule has 21 heavy (non-hydrogen) atoms. The van der Waals surface area contributed by atoms with E-state index < -0.39 is 6.04 Å². The summed E-state index contributed by atoms with van der Waals surface area (Å²) >= 11 is 0. The van der Waals surface area contributed by atoms with E-state index in [1.807, 2.05) is 6.92 Å². The number of piperidine rings is 1. The summed E-state index contributed by atoms with van der Waals surface area (Å²) < 4.78 is 10.5. The van der Waals surface area contributed by atoms with Crippen molar-refractivity contribution < 1.29 is 19.1 Å². The van der Waals surface area contributed by atoms with E-state index in [4.69, 9.17) is 9.47 Å². The second-order valence-electron chi connectivity index (χ2n) is 4.97. The van der Waals surface area contributed by atoms with Crippen LogP contribution in [-0.2, 0) is 4.79 Å². The lowest BCUT2D eigenvalue weighted by Crippen LogP contribution is -2.50. The molecule has 0 radical (unpaired) electrons. The number of benzene rings is 1. The van der Waals surface area contributed by atoms with E-state index in [1.165, 1.54) is 14.2 Å². The van der Waals surface area contributed by atoms with Crippen LogP contribution in [0.4, 0.5) is 0 Å². The summed E-state index contributed by atoms with van der Waals surface area (Å²) in [5.74, 6) is 0.703. The second-order valence-corrected chi connectivity index (χ2v) is 4.97. The van der Waals surface area contributed by atoms with Crippen molar-refractivity contribution in [3.05, 3.63) is 23.3 Å². The first-order valence-corrected chi connectivity index (χ1v) is 6.88. The number of carbonyl (C=O) groups is 2. The molecule has 1 saturated heterocycles. The van der Waals surface area contributed by atoms with Crippen LogP contribution < -0.4 is 20.1 Å². The largest absolute Gasteiger partial charge is 0.496 e. The number of methoxy groups -OCH3 is 2. The van der Waals surface area contributed by atoms with Crippen LogP contribution in [0.15, 0.2) is 12.1 Å². The van der Waals surface area contributed by atoms with E-state index in [0.717, 1.165) is 12.0 Å². The predicted octanol–water partition coefficient (Wildman–Crippen LogP) is 1.02. The normalized spacial score (nSPS) is 17.9. The molecule has 6 nitrogen and oxygen atoms in total. The zero-order chi connectivity index (χ0) is 15.4. The van der Waals surface area contributed by atoms with Gasteiger partial charge in [0.25, 0.3) is 5.91 Å². The molecule has 6 heteroatoms. The maximum atomic E-state index is 12.3. The Morgan fingerprint density at radius 1 is 1.29 bits per heavy atom. The van der Waals surface area contributed by atoms with Crippen LogP contribution in [0.3, 0.4) is 0 Å². The van der Waals surface area contributed by atoms with Gasteiger partial charge >= 0.3 is 0 Å². The topological polar surface area (TPSA) is 76.7 Å². The molecule has 1 fully saturated rings. The Labute approximate surface area is 123 Å². The van der Waals surface area contributed by atoms with Crippen LogP contribution in [0.2, 0.25) is 0 Å². The standard InChI is InChI=1S/C15H20N2O4/c1-9-12(20-2)7-10(8-13(9)21-3)14(18)17-11-5-4-6-16-15(11)19/h7-8,11H,4-6H2,1-3H3,(H,16,19)(H,17,18)/t11-/m0/s1. The first-order valence-electron chi connectivity index (χ1n) is 6.88. The number of nitrogens with one attached hydrogen (secondary N) is 2. The molecule has 1 aliphatic rings. The molecule has 1 heterocycles. The molecule has 0 saturated carbocycles. The molecule has 1 aliphatic heterocycles. The number of ether oxygens (including phenoxy) is 2. The van der Waals surface area contributed by atoms with E-state index in [9.17, 15) is 9.59 Å². The van der Waals surface area contributed by atoms with Gasteiger partial charge in [0.2, 0.25) is 5.91 Å². The van der Waals surface area contributed by atoms with Gasteiger partial charge in [0.05, 0.1) is 14.2 Å². The Hall–Kier alpha value is -2.24. The minimum Gasteiger partial charge on any atom is -0.496 e. The summed E-state index contributed by atoms with van der Waals surface area (Å²) in [5.41, 5.74) is 1.24. The maximum absolute atomic E-state index is 12.3. The third-order valence-corrected chi connectivity index (χ3v) is 3.61. The molecule has 0 bridgehead atoms. The fourth-order valence-electron chi connectivity index (χ4n) is 2.37. The summed E-state index contributed by atoms with van der Waals surface area (Å²) in [6, 6.07) is 2.81. The van der Waals surface area contributed by atoms with E-state index in [-0.39, 0.29) is 11.8 Å². The Balaban J connectivity index is 2.20. The number of amides is 2. The van der Waals surface area contributed by atoms with Gasteiger partial charge in [-0.15, -0.1) is 0 Å². The lowest BCUT2D eigenvalue weighted by Gasteiger charge is -2.23. The highest BCUT2D eigenvalue weighted by Crippen LogP contribution is 2.29. The molecule has 2 amide bonds. The van der Waals surface area contributed by atoms with Crippen molar-refractivity contribution in [2.24, 2.45) is 0 Å². The smallest absolute Gasteiger partial charge is 0.252 e. The lowest BCUT2D eigenvalue weighted by atomic mass is 10.0. The minimum absolute atomic E-state index is 0.138. The fraction of sp³-hybridized carbons (Fsp3) is 0.467. The van der Waals surface area contributed by atoms with E-state index >= 15 is 0 Å². The van der Waals surface area contributed by atoms with Crippen molar-refractivity contribution in [1.82, 2.24) is 10.6 Å². The average Bonchev–Trinajstić information content (AvgIpc) is 2.49. The van der Waals surface area contributed by atoms with E-state index in [0.29, 0.717) is 30.0 Å². The molecule has 2 N–H and O–H groups in total. The van der Waals surface area contributed by atoms with Crippen LogP contribution in [0, 0.1) is 6.92 Å². The van der Waals surface area contributed by atoms with Crippen LogP contribution in [0.25, 0.3) is 0 Å². The fourth-order valence-corrected chi connectivity index (χ4v) is 2.37. The maximum Gasteiger partial charge on any atom is 0.252 e. The molecular weight excluding hydrogens is 272 g/mol. The first kappa shape index (κ1) is 15.2. The molecular formula is C15H20N2O4. The third kappa shape index (κ3) is 3.26. The SMILES string of the molecule is COc1cc(C(=O)N[C@H]2CCCNC2=O)cc(OC)c1C.